The lowest BCUT2D eigenvalue weighted by Gasteiger charge is -2.49. The van der Waals surface area contributed by atoms with Crippen molar-refractivity contribution in [2.75, 3.05) is 0 Å². The van der Waals surface area contributed by atoms with Crippen molar-refractivity contribution in [1.82, 2.24) is 0 Å². The minimum absolute atomic E-state index is 0.0794. The highest BCUT2D eigenvalue weighted by Gasteiger charge is 2.81. The van der Waals surface area contributed by atoms with E-state index in [9.17, 15) is 19.2 Å². The number of allylic oxidation sites excluding steroid dienone is 4. The van der Waals surface area contributed by atoms with E-state index in [4.69, 9.17) is 4.74 Å². The molecule has 37 heavy (non-hydrogen) atoms. The van der Waals surface area contributed by atoms with Gasteiger partial charge < -0.3 is 4.74 Å². The third-order valence-electron chi connectivity index (χ3n) is 11.2. The summed E-state index contributed by atoms with van der Waals surface area (Å²) in [7, 11) is 0. The molecule has 0 aliphatic heterocycles. The number of fused-ring (bicyclic) bond motifs is 1. The number of hydrogen-bond acceptors (Lipinski definition) is 5. The van der Waals surface area contributed by atoms with Gasteiger partial charge in [-0.15, -0.1) is 0 Å². The lowest BCUT2D eigenvalue weighted by molar-refractivity contribution is -0.155. The van der Waals surface area contributed by atoms with Crippen LogP contribution in [0.4, 0.5) is 0 Å². The van der Waals surface area contributed by atoms with Crippen LogP contribution in [0.3, 0.4) is 0 Å². The zero-order valence-corrected chi connectivity index (χ0v) is 23.9. The predicted molar refractivity (Wildman–Crippen MR) is 141 cm³/mol. The van der Waals surface area contributed by atoms with Gasteiger partial charge in [0.15, 0.2) is 11.6 Å². The molecule has 5 rings (SSSR count). The van der Waals surface area contributed by atoms with Crippen LogP contribution in [0.25, 0.3) is 0 Å². The Balaban J connectivity index is 1.84. The highest BCUT2D eigenvalue weighted by molar-refractivity contribution is 6.06. The molecule has 2 spiro atoms. The molecule has 0 aromatic rings. The summed E-state index contributed by atoms with van der Waals surface area (Å²) in [6.45, 7) is 17.9. The normalized spacial score (nSPS) is 41.1. The van der Waals surface area contributed by atoms with Crippen LogP contribution in [0, 0.1) is 46.3 Å². The fourth-order valence-electron chi connectivity index (χ4n) is 9.79. The summed E-state index contributed by atoms with van der Waals surface area (Å²) in [4.78, 5) is 54.1. The number of carbonyl (C=O) groups excluding carboxylic acids is 4. The van der Waals surface area contributed by atoms with Gasteiger partial charge in [-0.2, -0.15) is 0 Å². The first-order valence-corrected chi connectivity index (χ1v) is 14.1. The molecule has 0 heterocycles. The van der Waals surface area contributed by atoms with Crippen molar-refractivity contribution in [2.45, 2.75) is 94.1 Å². The van der Waals surface area contributed by atoms with Crippen LogP contribution in [0.2, 0.25) is 0 Å². The van der Waals surface area contributed by atoms with Gasteiger partial charge in [-0.05, 0) is 69.4 Å². The number of ketones is 3. The van der Waals surface area contributed by atoms with Crippen LogP contribution < -0.4 is 0 Å². The standard InChI is InChI=1S/C32H42O5/c1-14(2)21-12-23-18(7)27-30(37-20(9)33)32(23,17(6)11-26(21)35)29-28(36)19(8)24-13-22(15(3)4)25(34)10-16(5)31(24,27)29/h14,16-17,21,27,29-30H,10-13H2,1-9H3/t16-,17+,21-,27+,29+,30-,31+,32-/m1/s1. The summed E-state index contributed by atoms with van der Waals surface area (Å²) in [5.41, 5.74) is 4.78. The monoisotopic (exact) mass is 506 g/mol. The van der Waals surface area contributed by atoms with E-state index in [1.54, 1.807) is 0 Å². The first-order chi connectivity index (χ1) is 17.2. The van der Waals surface area contributed by atoms with Crippen molar-refractivity contribution < 1.29 is 23.9 Å². The van der Waals surface area contributed by atoms with Crippen LogP contribution >= 0.6 is 0 Å². The first-order valence-electron chi connectivity index (χ1n) is 14.1. The summed E-state index contributed by atoms with van der Waals surface area (Å²) in [6.07, 6.45) is 1.39. The SMILES string of the molecule is CC(=O)O[C@@H]1[C@@H]2C(C)=C3C[C@H](C(C)C)C(=O)C[C@H](C)[C@]31[C@H]1C(=O)C(C)=C3CC(=C(C)C)C(=O)C[C@@H](C)[C@@]312. The molecule has 3 saturated carbocycles. The van der Waals surface area contributed by atoms with E-state index in [-0.39, 0.29) is 52.9 Å². The maximum atomic E-state index is 14.5. The lowest BCUT2D eigenvalue weighted by atomic mass is 9.51. The van der Waals surface area contributed by atoms with E-state index in [1.165, 1.54) is 18.1 Å². The van der Waals surface area contributed by atoms with E-state index < -0.39 is 22.9 Å². The van der Waals surface area contributed by atoms with Gasteiger partial charge in [0.05, 0.1) is 0 Å². The summed E-state index contributed by atoms with van der Waals surface area (Å²) in [5, 5.41) is 0. The summed E-state index contributed by atoms with van der Waals surface area (Å²) in [6, 6.07) is 0. The van der Waals surface area contributed by atoms with E-state index in [0.717, 1.165) is 22.3 Å². The Morgan fingerprint density at radius 2 is 1.54 bits per heavy atom. The van der Waals surface area contributed by atoms with Crippen LogP contribution in [0.1, 0.15) is 88.0 Å². The molecule has 0 amide bonds. The molecule has 2 bridgehead atoms. The Labute approximate surface area is 221 Å². The van der Waals surface area contributed by atoms with Crippen LogP contribution in [-0.2, 0) is 23.9 Å². The molecular weight excluding hydrogens is 464 g/mol. The van der Waals surface area contributed by atoms with Crippen molar-refractivity contribution >= 4 is 23.3 Å². The van der Waals surface area contributed by atoms with Gasteiger partial charge in [0.1, 0.15) is 11.9 Å². The van der Waals surface area contributed by atoms with Crippen LogP contribution in [-0.4, -0.2) is 29.4 Å². The predicted octanol–water partition coefficient (Wildman–Crippen LogP) is 5.97. The molecule has 5 aliphatic carbocycles. The van der Waals surface area contributed by atoms with Gasteiger partial charge in [-0.3, -0.25) is 19.2 Å². The van der Waals surface area contributed by atoms with Crippen molar-refractivity contribution in [3.05, 3.63) is 33.4 Å². The van der Waals surface area contributed by atoms with Crippen molar-refractivity contribution in [2.24, 2.45) is 46.3 Å². The lowest BCUT2D eigenvalue weighted by Crippen LogP contribution is -2.49. The molecule has 0 N–H and O–H groups in total. The number of carbonyl (C=O) groups is 4. The molecule has 200 valence electrons. The average Bonchev–Trinajstić information content (AvgIpc) is 3.18. The molecule has 5 nitrogen and oxygen atoms in total. The molecule has 5 aliphatic rings. The Hall–Kier alpha value is -2.30. The quantitative estimate of drug-likeness (QED) is 0.262. The van der Waals surface area contributed by atoms with Gasteiger partial charge in [-0.25, -0.2) is 0 Å². The zero-order chi connectivity index (χ0) is 27.4. The van der Waals surface area contributed by atoms with Crippen molar-refractivity contribution in [3.8, 4) is 0 Å². The zero-order valence-electron chi connectivity index (χ0n) is 23.9. The number of hydrogen-bond donors (Lipinski definition) is 0. The van der Waals surface area contributed by atoms with Crippen molar-refractivity contribution in [1.29, 1.82) is 0 Å². The first kappa shape index (κ1) is 26.3. The topological polar surface area (TPSA) is 77.5 Å². The Kier molecular flexibility index (Phi) is 5.94. The molecule has 8 atom stereocenters. The van der Waals surface area contributed by atoms with E-state index >= 15 is 0 Å². The third kappa shape index (κ3) is 3.03. The molecule has 0 unspecified atom stereocenters. The summed E-state index contributed by atoms with van der Waals surface area (Å²) < 4.78 is 6.28. The van der Waals surface area contributed by atoms with Gasteiger partial charge in [-0.1, -0.05) is 50.0 Å². The van der Waals surface area contributed by atoms with E-state index in [2.05, 4.69) is 34.6 Å². The van der Waals surface area contributed by atoms with Gasteiger partial charge in [0, 0.05) is 48.3 Å². The highest BCUT2D eigenvalue weighted by Crippen LogP contribution is 2.80. The minimum Gasteiger partial charge on any atom is -0.461 e. The second-order valence-corrected chi connectivity index (χ2v) is 13.2. The smallest absolute Gasteiger partial charge is 0.302 e. The molecule has 0 aromatic heterocycles. The number of rotatable bonds is 2. The second-order valence-electron chi connectivity index (χ2n) is 13.2. The Bertz CT molecular complexity index is 1220. The Morgan fingerprint density at radius 1 is 0.919 bits per heavy atom. The van der Waals surface area contributed by atoms with E-state index in [1.807, 2.05) is 20.8 Å². The van der Waals surface area contributed by atoms with Gasteiger partial charge in [0.25, 0.3) is 0 Å². The molecule has 5 heteroatoms. The maximum absolute atomic E-state index is 14.5. The van der Waals surface area contributed by atoms with Crippen molar-refractivity contribution in [3.63, 3.8) is 0 Å². The van der Waals surface area contributed by atoms with Gasteiger partial charge >= 0.3 is 5.97 Å². The minimum atomic E-state index is -0.716. The molecule has 0 saturated heterocycles. The molecule has 3 fully saturated rings. The maximum Gasteiger partial charge on any atom is 0.302 e. The number of ether oxygens (including phenoxy) is 1. The fourth-order valence-corrected chi connectivity index (χ4v) is 9.79. The summed E-state index contributed by atoms with van der Waals surface area (Å²) >= 11 is 0. The second kappa shape index (κ2) is 8.35. The fraction of sp³-hybridized carbons (Fsp3) is 0.688. The Morgan fingerprint density at radius 3 is 2.11 bits per heavy atom. The number of Topliss-reactive ketones (excluding diaryl/α,β-unsaturated/α-hetero) is 3. The summed E-state index contributed by atoms with van der Waals surface area (Å²) in [5.74, 6) is -0.491. The molecule has 0 radical (unpaired) electrons. The average molecular weight is 507 g/mol. The molecule has 0 aromatic carbocycles. The van der Waals surface area contributed by atoms with Gasteiger partial charge in [0.2, 0.25) is 0 Å². The van der Waals surface area contributed by atoms with Crippen LogP contribution in [0.15, 0.2) is 33.4 Å². The number of esters is 1. The molecular formula is C32H42O5. The van der Waals surface area contributed by atoms with E-state index in [0.29, 0.717) is 25.7 Å². The third-order valence-corrected chi connectivity index (χ3v) is 11.2. The highest BCUT2D eigenvalue weighted by atomic mass is 16.5. The largest absolute Gasteiger partial charge is 0.461 e. The van der Waals surface area contributed by atoms with Crippen LogP contribution in [0.5, 0.6) is 0 Å².